The summed E-state index contributed by atoms with van der Waals surface area (Å²) < 4.78 is 24.4. The van der Waals surface area contributed by atoms with Crippen LogP contribution in [0.1, 0.15) is 22.3 Å². The van der Waals surface area contributed by atoms with Crippen molar-refractivity contribution >= 4 is 34.4 Å². The highest BCUT2D eigenvalue weighted by Crippen LogP contribution is 2.30. The first-order valence-electron chi connectivity index (χ1n) is 3.70. The van der Waals surface area contributed by atoms with Gasteiger partial charge in [-0.15, -0.1) is 0 Å². The summed E-state index contributed by atoms with van der Waals surface area (Å²) in [5, 5.41) is 19.2. The molecule has 0 saturated carbocycles. The number of rotatable bonds is 3. The van der Waals surface area contributed by atoms with Crippen LogP contribution in [-0.4, -0.2) is 21.0 Å². The normalized spacial score (nSPS) is 10.5. The molecular weight excluding hydrogens is 341 g/mol. The molecule has 86 valence electrons. The molecule has 0 unspecified atom stereocenters. The summed E-state index contributed by atoms with van der Waals surface area (Å²) in [6.07, 6.45) is -2.32. The molecule has 6 nitrogen and oxygen atoms in total. The van der Waals surface area contributed by atoms with Crippen LogP contribution in [0.4, 0.5) is 14.6 Å². The molecule has 0 atom stereocenters. The average molecular weight is 344 g/mol. The highest BCUT2D eigenvalue weighted by Gasteiger charge is 2.29. The molecule has 16 heavy (non-hydrogen) atoms. The summed E-state index contributed by atoms with van der Waals surface area (Å²) in [5.41, 5.74) is -1.45. The van der Waals surface area contributed by atoms with Gasteiger partial charge in [0.05, 0.1) is 5.56 Å². The Morgan fingerprint density at radius 3 is 2.56 bits per heavy atom. The number of alkyl halides is 2. The van der Waals surface area contributed by atoms with Crippen molar-refractivity contribution in [3.63, 3.8) is 0 Å². The third-order valence-corrected chi connectivity index (χ3v) is 2.81. The molecule has 0 aliphatic heterocycles. The number of aromatic nitrogens is 1. The van der Waals surface area contributed by atoms with Crippen molar-refractivity contribution < 1.29 is 23.6 Å². The first-order valence-corrected chi connectivity index (χ1v) is 4.78. The zero-order valence-corrected chi connectivity index (χ0v) is 9.51. The van der Waals surface area contributed by atoms with E-state index in [1.807, 2.05) is 0 Å². The van der Waals surface area contributed by atoms with Gasteiger partial charge in [0, 0.05) is 3.57 Å². The number of pyridine rings is 1. The van der Waals surface area contributed by atoms with Crippen LogP contribution in [0.2, 0.25) is 0 Å². The average Bonchev–Trinajstić information content (AvgIpc) is 2.15. The van der Waals surface area contributed by atoms with Crippen LogP contribution in [0, 0.1) is 13.7 Å². The van der Waals surface area contributed by atoms with Gasteiger partial charge in [0.2, 0.25) is 0 Å². The van der Waals surface area contributed by atoms with Gasteiger partial charge in [0.1, 0.15) is 6.20 Å². The minimum absolute atomic E-state index is 0.373. The van der Waals surface area contributed by atoms with E-state index in [1.165, 1.54) is 22.6 Å². The molecule has 0 aliphatic carbocycles. The molecule has 1 aromatic rings. The van der Waals surface area contributed by atoms with Crippen molar-refractivity contribution in [2.45, 2.75) is 6.43 Å². The molecule has 0 amide bonds. The highest BCUT2D eigenvalue weighted by molar-refractivity contribution is 14.1. The predicted octanol–water partition coefficient (Wildman–Crippen LogP) is 2.23. The van der Waals surface area contributed by atoms with Crippen LogP contribution >= 0.6 is 22.6 Å². The molecule has 0 spiro atoms. The topological polar surface area (TPSA) is 93.3 Å². The third-order valence-electron chi connectivity index (χ3n) is 1.64. The van der Waals surface area contributed by atoms with Crippen LogP contribution in [-0.2, 0) is 0 Å². The van der Waals surface area contributed by atoms with Crippen molar-refractivity contribution in [1.29, 1.82) is 0 Å². The van der Waals surface area contributed by atoms with Gasteiger partial charge in [-0.25, -0.2) is 13.6 Å². The molecule has 0 aromatic carbocycles. The maximum atomic E-state index is 12.4. The monoisotopic (exact) mass is 344 g/mol. The van der Waals surface area contributed by atoms with E-state index in [4.69, 9.17) is 5.11 Å². The maximum Gasteiger partial charge on any atom is 0.379 e. The number of carbonyl (C=O) groups is 1. The van der Waals surface area contributed by atoms with Crippen molar-refractivity contribution in [3.05, 3.63) is 31.0 Å². The lowest BCUT2D eigenvalue weighted by molar-refractivity contribution is -0.390. The number of nitrogens with zero attached hydrogens (tertiary/aromatic N) is 2. The van der Waals surface area contributed by atoms with Gasteiger partial charge in [0.25, 0.3) is 6.43 Å². The number of carboxylic acid groups (broad SMARTS) is 1. The zero-order chi connectivity index (χ0) is 12.5. The lowest BCUT2D eigenvalue weighted by atomic mass is 10.2. The van der Waals surface area contributed by atoms with Gasteiger partial charge < -0.3 is 15.2 Å². The van der Waals surface area contributed by atoms with Gasteiger partial charge in [-0.1, -0.05) is 0 Å². The molecule has 1 rings (SSSR count). The van der Waals surface area contributed by atoms with Crippen LogP contribution in [0.25, 0.3) is 0 Å². The number of halogens is 3. The van der Waals surface area contributed by atoms with Gasteiger partial charge in [-0.05, 0) is 32.5 Å². The zero-order valence-electron chi connectivity index (χ0n) is 7.35. The Hall–Kier alpha value is -1.39. The lowest BCUT2D eigenvalue weighted by Crippen LogP contribution is -2.10. The first kappa shape index (κ1) is 12.7. The molecule has 1 heterocycles. The SMILES string of the molecule is O=C(O)c1c([N+](=O)[O-])ncc(C(F)F)c1I. The highest BCUT2D eigenvalue weighted by atomic mass is 127. The van der Waals surface area contributed by atoms with E-state index in [-0.39, 0.29) is 3.57 Å². The number of hydrogen-bond acceptors (Lipinski definition) is 4. The quantitative estimate of drug-likeness (QED) is 0.516. The van der Waals surface area contributed by atoms with Gasteiger partial charge in [-0.2, -0.15) is 0 Å². The molecular formula is C7H3F2IN2O4. The van der Waals surface area contributed by atoms with E-state index in [1.54, 1.807) is 0 Å². The van der Waals surface area contributed by atoms with E-state index in [9.17, 15) is 23.7 Å². The van der Waals surface area contributed by atoms with Crippen LogP contribution in [0.5, 0.6) is 0 Å². The molecule has 1 N–H and O–H groups in total. The summed E-state index contributed by atoms with van der Waals surface area (Å²) in [7, 11) is 0. The number of aromatic carboxylic acids is 1. The molecule has 0 fully saturated rings. The fourth-order valence-corrected chi connectivity index (χ4v) is 1.82. The second-order valence-electron chi connectivity index (χ2n) is 2.59. The number of carboxylic acids is 1. The van der Waals surface area contributed by atoms with E-state index in [2.05, 4.69) is 4.98 Å². The van der Waals surface area contributed by atoms with E-state index >= 15 is 0 Å². The minimum atomic E-state index is -2.93. The molecule has 9 heteroatoms. The van der Waals surface area contributed by atoms with Crippen LogP contribution < -0.4 is 0 Å². The lowest BCUT2D eigenvalue weighted by Gasteiger charge is -2.04. The maximum absolute atomic E-state index is 12.4. The second-order valence-corrected chi connectivity index (χ2v) is 3.67. The smallest absolute Gasteiger partial charge is 0.379 e. The Labute approximate surface area is 101 Å². The minimum Gasteiger partial charge on any atom is -0.477 e. The Morgan fingerprint density at radius 2 is 2.19 bits per heavy atom. The van der Waals surface area contributed by atoms with Crippen molar-refractivity contribution in [3.8, 4) is 0 Å². The summed E-state index contributed by atoms with van der Waals surface area (Å²) in [5.74, 6) is -2.60. The van der Waals surface area contributed by atoms with E-state index in [0.717, 1.165) is 0 Å². The Kier molecular flexibility index (Phi) is 3.67. The summed E-state index contributed by atoms with van der Waals surface area (Å²) in [4.78, 5) is 23.3. The van der Waals surface area contributed by atoms with E-state index in [0.29, 0.717) is 6.20 Å². The summed E-state index contributed by atoms with van der Waals surface area (Å²) in [6.45, 7) is 0. The molecule has 0 saturated heterocycles. The van der Waals surface area contributed by atoms with Crippen molar-refractivity contribution in [2.75, 3.05) is 0 Å². The van der Waals surface area contributed by atoms with Crippen molar-refractivity contribution in [2.24, 2.45) is 0 Å². The third kappa shape index (κ3) is 2.23. The van der Waals surface area contributed by atoms with Gasteiger partial charge in [0.15, 0.2) is 5.56 Å². The molecule has 0 radical (unpaired) electrons. The molecule has 1 aromatic heterocycles. The predicted molar refractivity (Wildman–Crippen MR) is 55.5 cm³/mol. The summed E-state index contributed by atoms with van der Waals surface area (Å²) >= 11 is 1.33. The van der Waals surface area contributed by atoms with Gasteiger partial charge >= 0.3 is 11.8 Å². The van der Waals surface area contributed by atoms with Crippen LogP contribution in [0.3, 0.4) is 0 Å². The Bertz CT molecular complexity index is 466. The van der Waals surface area contributed by atoms with Gasteiger partial charge in [-0.3, -0.25) is 0 Å². The number of hydrogen-bond donors (Lipinski definition) is 1. The van der Waals surface area contributed by atoms with Crippen molar-refractivity contribution in [1.82, 2.24) is 4.98 Å². The Balaban J connectivity index is 3.54. The fourth-order valence-electron chi connectivity index (χ4n) is 0.974. The Morgan fingerprint density at radius 1 is 1.62 bits per heavy atom. The first-order chi connectivity index (χ1) is 7.36. The summed E-state index contributed by atoms with van der Waals surface area (Å²) in [6, 6.07) is 0. The molecule has 0 aliphatic rings. The standard InChI is InChI=1S/C7H3F2IN2O4/c8-5(9)2-1-11-6(12(15)16)3(4(2)10)7(13)14/h1,5H,(H,13,14). The second kappa shape index (κ2) is 4.63. The largest absolute Gasteiger partial charge is 0.477 e. The van der Waals surface area contributed by atoms with Crippen LogP contribution in [0.15, 0.2) is 6.20 Å². The fraction of sp³-hybridized carbons (Fsp3) is 0.143. The number of nitro groups is 1. The molecule has 0 bridgehead atoms. The van der Waals surface area contributed by atoms with E-state index < -0.39 is 34.3 Å².